The number of ketones is 1. The molecule has 0 N–H and O–H groups in total. The SMILES string of the molecule is CCN1CCN(CCOCC(=O)C(C)C)CC1. The molecule has 0 spiro atoms. The first-order valence-electron chi connectivity index (χ1n) is 6.68. The molecule has 0 atom stereocenters. The highest BCUT2D eigenvalue weighted by atomic mass is 16.5. The quantitative estimate of drug-likeness (QED) is 0.620. The van der Waals surface area contributed by atoms with Crippen molar-refractivity contribution in [2.24, 2.45) is 5.92 Å². The van der Waals surface area contributed by atoms with Crippen LogP contribution in [0.1, 0.15) is 20.8 Å². The van der Waals surface area contributed by atoms with Crippen molar-refractivity contribution in [3.05, 3.63) is 0 Å². The van der Waals surface area contributed by atoms with Crippen molar-refractivity contribution in [1.82, 2.24) is 9.80 Å². The van der Waals surface area contributed by atoms with E-state index in [4.69, 9.17) is 4.74 Å². The maximum atomic E-state index is 11.3. The lowest BCUT2D eigenvalue weighted by Gasteiger charge is -2.33. The summed E-state index contributed by atoms with van der Waals surface area (Å²) in [6.45, 7) is 13.6. The van der Waals surface area contributed by atoms with Crippen LogP contribution in [0.3, 0.4) is 0 Å². The minimum absolute atomic E-state index is 0.0862. The number of piperazine rings is 1. The highest BCUT2D eigenvalue weighted by Gasteiger charge is 2.15. The fourth-order valence-electron chi connectivity index (χ4n) is 1.86. The van der Waals surface area contributed by atoms with Crippen molar-refractivity contribution in [2.45, 2.75) is 20.8 Å². The molecule has 1 rings (SSSR count). The summed E-state index contributed by atoms with van der Waals surface area (Å²) in [6, 6.07) is 0. The Morgan fingerprint density at radius 1 is 1.18 bits per heavy atom. The lowest BCUT2D eigenvalue weighted by atomic mass is 10.1. The molecule has 0 saturated carbocycles. The summed E-state index contributed by atoms with van der Waals surface area (Å²) < 4.78 is 5.41. The maximum absolute atomic E-state index is 11.3. The number of Topliss-reactive ketones (excluding diaryl/α,β-unsaturated/α-hetero) is 1. The third kappa shape index (κ3) is 5.61. The van der Waals surface area contributed by atoms with Gasteiger partial charge in [-0.15, -0.1) is 0 Å². The molecule has 0 aliphatic carbocycles. The Bertz CT molecular complexity index is 223. The summed E-state index contributed by atoms with van der Waals surface area (Å²) >= 11 is 0. The topological polar surface area (TPSA) is 32.8 Å². The van der Waals surface area contributed by atoms with Crippen LogP contribution in [0.2, 0.25) is 0 Å². The Labute approximate surface area is 105 Å². The first-order valence-corrected chi connectivity index (χ1v) is 6.68. The van der Waals surface area contributed by atoms with Crippen LogP contribution in [-0.2, 0) is 9.53 Å². The molecule has 1 fully saturated rings. The molecule has 4 nitrogen and oxygen atoms in total. The van der Waals surface area contributed by atoms with Gasteiger partial charge in [-0.25, -0.2) is 0 Å². The van der Waals surface area contributed by atoms with Crippen LogP contribution in [0.4, 0.5) is 0 Å². The van der Waals surface area contributed by atoms with E-state index >= 15 is 0 Å². The fourth-order valence-corrected chi connectivity index (χ4v) is 1.86. The summed E-state index contributed by atoms with van der Waals surface area (Å²) in [5.41, 5.74) is 0. The average Bonchev–Trinajstić information content (AvgIpc) is 2.35. The van der Waals surface area contributed by atoms with Gasteiger partial charge in [0.15, 0.2) is 5.78 Å². The summed E-state index contributed by atoms with van der Waals surface area (Å²) in [6.07, 6.45) is 0. The van der Waals surface area contributed by atoms with Crippen LogP contribution in [-0.4, -0.2) is 68.1 Å². The molecule has 0 aromatic heterocycles. The molecule has 0 bridgehead atoms. The Morgan fingerprint density at radius 3 is 2.29 bits per heavy atom. The number of hydrogen-bond donors (Lipinski definition) is 0. The molecule has 0 amide bonds. The first kappa shape index (κ1) is 14.6. The largest absolute Gasteiger partial charge is 0.372 e. The van der Waals surface area contributed by atoms with Crippen LogP contribution < -0.4 is 0 Å². The fraction of sp³-hybridized carbons (Fsp3) is 0.923. The van der Waals surface area contributed by atoms with Crippen molar-refractivity contribution in [1.29, 1.82) is 0 Å². The first-order chi connectivity index (χ1) is 8.13. The van der Waals surface area contributed by atoms with Crippen LogP contribution in [0.25, 0.3) is 0 Å². The van der Waals surface area contributed by atoms with E-state index in [1.807, 2.05) is 13.8 Å². The van der Waals surface area contributed by atoms with Crippen molar-refractivity contribution < 1.29 is 9.53 Å². The molecule has 4 heteroatoms. The van der Waals surface area contributed by atoms with E-state index in [9.17, 15) is 4.79 Å². The van der Waals surface area contributed by atoms with Crippen molar-refractivity contribution >= 4 is 5.78 Å². The zero-order valence-corrected chi connectivity index (χ0v) is 11.4. The van der Waals surface area contributed by atoms with Gasteiger partial charge in [0.25, 0.3) is 0 Å². The lowest BCUT2D eigenvalue weighted by molar-refractivity contribution is -0.126. The zero-order valence-electron chi connectivity index (χ0n) is 11.4. The summed E-state index contributed by atoms with van der Waals surface area (Å²) in [5.74, 6) is 0.281. The monoisotopic (exact) mass is 242 g/mol. The molecule has 0 unspecified atom stereocenters. The molecule has 17 heavy (non-hydrogen) atoms. The predicted molar refractivity (Wildman–Crippen MR) is 69.2 cm³/mol. The summed E-state index contributed by atoms with van der Waals surface area (Å²) in [7, 11) is 0. The Kier molecular flexibility index (Phi) is 6.70. The number of nitrogens with zero attached hydrogens (tertiary/aromatic N) is 2. The third-order valence-electron chi connectivity index (χ3n) is 3.35. The standard InChI is InChI=1S/C13H26N2O2/c1-4-14-5-7-15(8-6-14)9-10-17-11-13(16)12(2)3/h12H,4-11H2,1-3H3. The number of carbonyl (C=O) groups excluding carboxylic acids is 1. The van der Waals surface area contributed by atoms with E-state index in [-0.39, 0.29) is 18.3 Å². The summed E-state index contributed by atoms with van der Waals surface area (Å²) in [5, 5.41) is 0. The summed E-state index contributed by atoms with van der Waals surface area (Å²) in [4.78, 5) is 16.2. The van der Waals surface area contributed by atoms with Gasteiger partial charge < -0.3 is 9.64 Å². The van der Waals surface area contributed by atoms with Gasteiger partial charge in [-0.3, -0.25) is 9.69 Å². The number of hydrogen-bond acceptors (Lipinski definition) is 4. The van der Waals surface area contributed by atoms with E-state index in [0.717, 1.165) is 39.3 Å². The molecule has 0 radical (unpaired) electrons. The molecule has 1 saturated heterocycles. The van der Waals surface area contributed by atoms with Crippen LogP contribution in [0.15, 0.2) is 0 Å². The molecule has 0 aromatic carbocycles. The Balaban J connectivity index is 2.02. The van der Waals surface area contributed by atoms with E-state index in [1.165, 1.54) is 0 Å². The number of rotatable bonds is 7. The number of likely N-dealkylation sites (N-methyl/N-ethyl adjacent to an activating group) is 1. The second-order valence-electron chi connectivity index (χ2n) is 4.95. The normalized spacial score (nSPS) is 18.8. The van der Waals surface area contributed by atoms with Gasteiger partial charge in [0.2, 0.25) is 0 Å². The van der Waals surface area contributed by atoms with Crippen LogP contribution in [0, 0.1) is 5.92 Å². The van der Waals surface area contributed by atoms with Crippen molar-refractivity contribution in [3.8, 4) is 0 Å². The van der Waals surface area contributed by atoms with Crippen molar-refractivity contribution in [3.63, 3.8) is 0 Å². The number of carbonyl (C=O) groups is 1. The average molecular weight is 242 g/mol. The second-order valence-corrected chi connectivity index (χ2v) is 4.95. The Morgan fingerprint density at radius 2 is 1.76 bits per heavy atom. The smallest absolute Gasteiger partial charge is 0.160 e. The van der Waals surface area contributed by atoms with E-state index in [1.54, 1.807) is 0 Å². The zero-order chi connectivity index (χ0) is 12.7. The highest BCUT2D eigenvalue weighted by molar-refractivity contribution is 5.81. The minimum Gasteiger partial charge on any atom is -0.372 e. The van der Waals surface area contributed by atoms with Crippen molar-refractivity contribution in [2.75, 3.05) is 52.5 Å². The van der Waals surface area contributed by atoms with Gasteiger partial charge >= 0.3 is 0 Å². The van der Waals surface area contributed by atoms with Crippen LogP contribution in [0.5, 0.6) is 0 Å². The molecule has 1 aliphatic heterocycles. The molecule has 100 valence electrons. The lowest BCUT2D eigenvalue weighted by Crippen LogP contribution is -2.47. The molecule has 1 aliphatic rings. The molecular weight excluding hydrogens is 216 g/mol. The molecular formula is C13H26N2O2. The van der Waals surface area contributed by atoms with E-state index < -0.39 is 0 Å². The second kappa shape index (κ2) is 7.80. The minimum atomic E-state index is 0.0862. The van der Waals surface area contributed by atoms with E-state index in [2.05, 4.69) is 16.7 Å². The predicted octanol–water partition coefficient (Wildman–Crippen LogP) is 0.866. The number of ether oxygens (including phenoxy) is 1. The maximum Gasteiger partial charge on any atom is 0.160 e. The van der Waals surface area contributed by atoms with Gasteiger partial charge in [0, 0.05) is 38.6 Å². The molecule has 0 aromatic rings. The molecule has 1 heterocycles. The van der Waals surface area contributed by atoms with Gasteiger partial charge in [0.05, 0.1) is 6.61 Å². The Hall–Kier alpha value is -0.450. The highest BCUT2D eigenvalue weighted by Crippen LogP contribution is 2.01. The van der Waals surface area contributed by atoms with Gasteiger partial charge in [0.1, 0.15) is 6.61 Å². The van der Waals surface area contributed by atoms with Gasteiger partial charge in [-0.2, -0.15) is 0 Å². The van der Waals surface area contributed by atoms with Gasteiger partial charge in [-0.1, -0.05) is 20.8 Å². The van der Waals surface area contributed by atoms with Crippen LogP contribution >= 0.6 is 0 Å². The van der Waals surface area contributed by atoms with Gasteiger partial charge in [-0.05, 0) is 6.54 Å². The third-order valence-corrected chi connectivity index (χ3v) is 3.35. The van der Waals surface area contributed by atoms with E-state index in [0.29, 0.717) is 6.61 Å².